The first-order valence-corrected chi connectivity index (χ1v) is 12.0. The highest BCUT2D eigenvalue weighted by Crippen LogP contribution is 2.29. The topological polar surface area (TPSA) is 123 Å². The van der Waals surface area contributed by atoms with Crippen LogP contribution in [-0.4, -0.2) is 39.9 Å². The number of carbonyl (C=O) groups is 1. The summed E-state index contributed by atoms with van der Waals surface area (Å²) in [5.41, 5.74) is 8.13. The summed E-state index contributed by atoms with van der Waals surface area (Å²) in [4.78, 5) is 22.6. The van der Waals surface area contributed by atoms with Gasteiger partial charge in [0.15, 0.2) is 0 Å². The fourth-order valence-electron chi connectivity index (χ4n) is 3.56. The van der Waals surface area contributed by atoms with Gasteiger partial charge in [-0.25, -0.2) is 23.8 Å². The van der Waals surface area contributed by atoms with Gasteiger partial charge in [-0.15, -0.1) is 6.42 Å². The van der Waals surface area contributed by atoms with Gasteiger partial charge >= 0.3 is 6.03 Å². The molecule has 10 nitrogen and oxygen atoms in total. The third-order valence-corrected chi connectivity index (χ3v) is 5.72. The van der Waals surface area contributed by atoms with E-state index in [0.717, 1.165) is 23.1 Å². The van der Waals surface area contributed by atoms with Crippen LogP contribution in [0.5, 0.6) is 11.6 Å². The molecule has 2 heterocycles. The summed E-state index contributed by atoms with van der Waals surface area (Å²) in [6.07, 6.45) is 6.63. The zero-order chi connectivity index (χ0) is 28.3. The molecule has 0 unspecified atom stereocenters. The number of hydrogen-bond acceptors (Lipinski definition) is 7. The van der Waals surface area contributed by atoms with Gasteiger partial charge < -0.3 is 20.7 Å². The van der Waals surface area contributed by atoms with E-state index in [1.807, 2.05) is 64.0 Å². The van der Waals surface area contributed by atoms with Crippen LogP contribution in [0, 0.1) is 18.2 Å². The SMILES string of the molecule is C#Cc1c(N)ncnc1Oc1ccc(NC(=O)Nc2cc(C(C)(C)C)nn2-c2ccc(N(C)C)cc2)c(F)c1. The molecule has 0 aliphatic carbocycles. The average molecular weight is 529 g/mol. The number of carbonyl (C=O) groups excluding carboxylic acids is 1. The van der Waals surface area contributed by atoms with Crippen LogP contribution in [0.25, 0.3) is 5.69 Å². The van der Waals surface area contributed by atoms with Crippen LogP contribution < -0.4 is 26.0 Å². The lowest BCUT2D eigenvalue weighted by Gasteiger charge is -2.15. The van der Waals surface area contributed by atoms with Crippen LogP contribution in [-0.2, 0) is 5.41 Å². The van der Waals surface area contributed by atoms with Crippen LogP contribution in [0.3, 0.4) is 0 Å². The van der Waals surface area contributed by atoms with Crippen molar-refractivity contribution in [2.45, 2.75) is 26.2 Å². The Labute approximate surface area is 226 Å². The van der Waals surface area contributed by atoms with Crippen LogP contribution in [0.15, 0.2) is 54.9 Å². The molecule has 0 saturated heterocycles. The van der Waals surface area contributed by atoms with Crippen LogP contribution in [0.4, 0.5) is 32.2 Å². The van der Waals surface area contributed by atoms with Crippen LogP contribution >= 0.6 is 0 Å². The average Bonchev–Trinajstić information content (AvgIpc) is 3.30. The van der Waals surface area contributed by atoms with Crippen molar-refractivity contribution in [3.05, 3.63) is 71.9 Å². The predicted molar refractivity (Wildman–Crippen MR) is 150 cm³/mol. The zero-order valence-electron chi connectivity index (χ0n) is 22.3. The summed E-state index contributed by atoms with van der Waals surface area (Å²) in [6.45, 7) is 6.08. The normalized spacial score (nSPS) is 11.0. The minimum Gasteiger partial charge on any atom is -0.437 e. The van der Waals surface area contributed by atoms with Crippen molar-refractivity contribution in [2.75, 3.05) is 35.4 Å². The van der Waals surface area contributed by atoms with Gasteiger partial charge in [0.25, 0.3) is 0 Å². The van der Waals surface area contributed by atoms with E-state index in [1.54, 1.807) is 10.7 Å². The van der Waals surface area contributed by atoms with Crippen molar-refractivity contribution in [1.82, 2.24) is 19.7 Å². The van der Waals surface area contributed by atoms with Gasteiger partial charge in [0.05, 0.1) is 17.1 Å². The Morgan fingerprint density at radius 3 is 2.44 bits per heavy atom. The van der Waals surface area contributed by atoms with Crippen molar-refractivity contribution >= 4 is 29.0 Å². The van der Waals surface area contributed by atoms with Crippen molar-refractivity contribution < 1.29 is 13.9 Å². The molecular weight excluding hydrogens is 499 g/mol. The monoisotopic (exact) mass is 528 g/mol. The number of nitrogen functional groups attached to an aromatic ring is 1. The minimum absolute atomic E-state index is 0.0179. The minimum atomic E-state index is -0.727. The highest BCUT2D eigenvalue weighted by molar-refractivity contribution is 5.99. The maximum absolute atomic E-state index is 14.9. The molecule has 11 heteroatoms. The number of rotatable bonds is 6. The molecule has 4 rings (SSSR count). The molecule has 0 radical (unpaired) electrons. The fourth-order valence-corrected chi connectivity index (χ4v) is 3.56. The van der Waals surface area contributed by atoms with Gasteiger partial charge in [-0.1, -0.05) is 26.7 Å². The van der Waals surface area contributed by atoms with Crippen molar-refractivity contribution in [1.29, 1.82) is 0 Å². The Balaban J connectivity index is 1.54. The summed E-state index contributed by atoms with van der Waals surface area (Å²) in [6, 6.07) is 12.8. The number of amides is 2. The summed E-state index contributed by atoms with van der Waals surface area (Å²) in [5, 5.41) is 10.0. The third kappa shape index (κ3) is 6.07. The molecule has 0 atom stereocenters. The first-order chi connectivity index (χ1) is 18.5. The Hall–Kier alpha value is -5.11. The van der Waals surface area contributed by atoms with E-state index >= 15 is 0 Å². The largest absolute Gasteiger partial charge is 0.437 e. The van der Waals surface area contributed by atoms with Gasteiger partial charge in [-0.2, -0.15) is 5.10 Å². The molecule has 2 aromatic heterocycles. The summed E-state index contributed by atoms with van der Waals surface area (Å²) >= 11 is 0. The summed E-state index contributed by atoms with van der Waals surface area (Å²) < 4.78 is 22.1. The number of halogens is 1. The molecule has 0 aliphatic heterocycles. The van der Waals surface area contributed by atoms with Gasteiger partial charge in [-0.05, 0) is 36.4 Å². The van der Waals surface area contributed by atoms with E-state index in [-0.39, 0.29) is 34.1 Å². The molecule has 0 saturated carbocycles. The van der Waals surface area contributed by atoms with Crippen molar-refractivity contribution in [3.8, 4) is 29.7 Å². The highest BCUT2D eigenvalue weighted by atomic mass is 19.1. The fraction of sp³-hybridized carbons (Fsp3) is 0.214. The molecule has 2 amide bonds. The Morgan fingerprint density at radius 2 is 1.82 bits per heavy atom. The quantitative estimate of drug-likeness (QED) is 0.295. The number of anilines is 4. The second-order valence-electron chi connectivity index (χ2n) is 9.89. The molecule has 39 heavy (non-hydrogen) atoms. The standard InChI is InChI=1S/C28H29FN8O2/c1-7-20-25(30)31-16-32-26(20)39-19-12-13-22(21(29)14-19)33-27(38)34-24-15-23(28(2,3)4)35-37(24)18-10-8-17(9-11-18)36(5)6/h1,8-16H,2-6H3,(H2,30,31,32)(H2,33,34,38). The van der Waals surface area contributed by atoms with Crippen molar-refractivity contribution in [3.63, 3.8) is 0 Å². The number of nitrogens with one attached hydrogen (secondary N) is 2. The van der Waals surface area contributed by atoms with Crippen LogP contribution in [0.2, 0.25) is 0 Å². The maximum Gasteiger partial charge on any atom is 0.324 e. The third-order valence-electron chi connectivity index (χ3n) is 5.72. The highest BCUT2D eigenvalue weighted by Gasteiger charge is 2.22. The van der Waals surface area contributed by atoms with E-state index < -0.39 is 11.8 Å². The second-order valence-corrected chi connectivity index (χ2v) is 9.89. The number of benzene rings is 2. The smallest absolute Gasteiger partial charge is 0.324 e. The summed E-state index contributed by atoms with van der Waals surface area (Å²) in [5.74, 6) is 2.25. The molecule has 0 aliphatic rings. The molecule has 0 bridgehead atoms. The van der Waals surface area contributed by atoms with E-state index in [4.69, 9.17) is 22.0 Å². The number of ether oxygens (including phenoxy) is 1. The van der Waals surface area contributed by atoms with Gasteiger partial charge in [0, 0.05) is 37.3 Å². The molecule has 4 aromatic rings. The first-order valence-electron chi connectivity index (χ1n) is 12.0. The number of urea groups is 1. The number of aromatic nitrogens is 4. The number of terminal acetylenes is 1. The lowest BCUT2D eigenvalue weighted by Crippen LogP contribution is -2.22. The second kappa shape index (κ2) is 10.7. The van der Waals surface area contributed by atoms with E-state index in [2.05, 4.69) is 26.5 Å². The molecular formula is C28H29FN8O2. The van der Waals surface area contributed by atoms with Crippen molar-refractivity contribution in [2.24, 2.45) is 0 Å². The predicted octanol–water partition coefficient (Wildman–Crippen LogP) is 5.16. The Bertz CT molecular complexity index is 1550. The molecule has 2 aromatic carbocycles. The van der Waals surface area contributed by atoms with Gasteiger partial charge in [0.2, 0.25) is 5.88 Å². The van der Waals surface area contributed by atoms with E-state index in [0.29, 0.717) is 5.82 Å². The van der Waals surface area contributed by atoms with Crippen LogP contribution in [0.1, 0.15) is 32.0 Å². The lowest BCUT2D eigenvalue weighted by molar-refractivity contribution is 0.262. The molecule has 0 spiro atoms. The number of hydrogen-bond donors (Lipinski definition) is 3. The molecule has 0 fully saturated rings. The van der Waals surface area contributed by atoms with Gasteiger partial charge in [0.1, 0.15) is 35.1 Å². The summed E-state index contributed by atoms with van der Waals surface area (Å²) in [7, 11) is 3.91. The maximum atomic E-state index is 14.9. The number of nitrogens with zero attached hydrogens (tertiary/aromatic N) is 5. The van der Waals surface area contributed by atoms with Gasteiger partial charge in [-0.3, -0.25) is 5.32 Å². The Kier molecular flexibility index (Phi) is 7.40. The number of nitrogens with two attached hydrogens (primary N) is 1. The lowest BCUT2D eigenvalue weighted by atomic mass is 9.92. The first kappa shape index (κ1) is 26.9. The van der Waals surface area contributed by atoms with E-state index in [9.17, 15) is 9.18 Å². The zero-order valence-corrected chi connectivity index (χ0v) is 22.3. The molecule has 200 valence electrons. The Morgan fingerprint density at radius 1 is 1.10 bits per heavy atom. The molecule has 4 N–H and O–H groups in total. The van der Waals surface area contributed by atoms with E-state index in [1.165, 1.54) is 18.5 Å².